The van der Waals surface area contributed by atoms with Crippen molar-refractivity contribution in [2.45, 2.75) is 40.2 Å². The Morgan fingerprint density at radius 3 is 2.43 bits per heavy atom. The average Bonchev–Trinajstić information content (AvgIpc) is 2.82. The molecule has 2 rings (SSSR count). The zero-order valence-corrected chi connectivity index (χ0v) is 13.3. The molecule has 0 aliphatic carbocycles. The van der Waals surface area contributed by atoms with E-state index in [2.05, 4.69) is 46.5 Å². The van der Waals surface area contributed by atoms with Gasteiger partial charge in [0.2, 0.25) is 0 Å². The molecule has 0 bridgehead atoms. The van der Waals surface area contributed by atoms with Crippen molar-refractivity contribution in [2.75, 3.05) is 17.2 Å². The third kappa shape index (κ3) is 3.51. The second-order valence-corrected chi connectivity index (χ2v) is 5.06. The van der Waals surface area contributed by atoms with Crippen molar-refractivity contribution in [3.63, 3.8) is 0 Å². The molecule has 0 spiro atoms. The topological polar surface area (TPSA) is 67.7 Å². The first kappa shape index (κ1) is 15.3. The molecule has 0 aliphatic rings. The van der Waals surface area contributed by atoms with Crippen LogP contribution in [0.15, 0.2) is 12.5 Å². The van der Waals surface area contributed by atoms with E-state index in [1.165, 1.54) is 11.3 Å². The molecule has 2 heterocycles. The first-order valence-corrected chi connectivity index (χ1v) is 7.46. The molecule has 21 heavy (non-hydrogen) atoms. The molecular formula is C15H24N6. The van der Waals surface area contributed by atoms with Gasteiger partial charge in [0.15, 0.2) is 0 Å². The van der Waals surface area contributed by atoms with Gasteiger partial charge in [0, 0.05) is 37.0 Å². The van der Waals surface area contributed by atoms with Crippen molar-refractivity contribution >= 4 is 11.6 Å². The van der Waals surface area contributed by atoms with Crippen molar-refractivity contribution in [2.24, 2.45) is 7.05 Å². The number of nitrogens with one attached hydrogen (secondary N) is 2. The zero-order chi connectivity index (χ0) is 15.2. The van der Waals surface area contributed by atoms with E-state index in [0.29, 0.717) is 0 Å². The van der Waals surface area contributed by atoms with E-state index in [4.69, 9.17) is 0 Å². The van der Waals surface area contributed by atoms with Gasteiger partial charge in [-0.2, -0.15) is 5.10 Å². The summed E-state index contributed by atoms with van der Waals surface area (Å²) in [6.07, 6.45) is 5.47. The van der Waals surface area contributed by atoms with Gasteiger partial charge in [0.1, 0.15) is 18.0 Å². The summed E-state index contributed by atoms with van der Waals surface area (Å²) in [7, 11) is 1.95. The minimum absolute atomic E-state index is 0.719. The minimum Gasteiger partial charge on any atom is -0.370 e. The summed E-state index contributed by atoms with van der Waals surface area (Å²) in [6.45, 7) is 7.97. The van der Waals surface area contributed by atoms with Crippen molar-refractivity contribution < 1.29 is 0 Å². The fourth-order valence-electron chi connectivity index (χ4n) is 2.19. The molecule has 6 heteroatoms. The third-order valence-electron chi connectivity index (χ3n) is 3.62. The minimum atomic E-state index is 0.719. The molecule has 0 radical (unpaired) electrons. The van der Waals surface area contributed by atoms with Gasteiger partial charge in [-0.25, -0.2) is 9.97 Å². The fourth-order valence-corrected chi connectivity index (χ4v) is 2.19. The van der Waals surface area contributed by atoms with Gasteiger partial charge in [-0.3, -0.25) is 4.68 Å². The maximum Gasteiger partial charge on any atom is 0.134 e. The van der Waals surface area contributed by atoms with Crippen molar-refractivity contribution in [1.82, 2.24) is 19.7 Å². The molecule has 2 N–H and O–H groups in total. The Morgan fingerprint density at radius 1 is 1.14 bits per heavy atom. The van der Waals surface area contributed by atoms with Crippen LogP contribution < -0.4 is 10.6 Å². The SMILES string of the molecule is CCCNc1ncnc(NCc2cnn(C)c2C)c1CC. The van der Waals surface area contributed by atoms with Crippen molar-refractivity contribution in [3.8, 4) is 0 Å². The van der Waals surface area contributed by atoms with E-state index in [-0.39, 0.29) is 0 Å². The quantitative estimate of drug-likeness (QED) is 0.819. The van der Waals surface area contributed by atoms with Gasteiger partial charge in [-0.15, -0.1) is 0 Å². The van der Waals surface area contributed by atoms with Crippen LogP contribution in [-0.4, -0.2) is 26.3 Å². The van der Waals surface area contributed by atoms with E-state index < -0.39 is 0 Å². The number of rotatable bonds is 7. The van der Waals surface area contributed by atoms with Gasteiger partial charge >= 0.3 is 0 Å². The monoisotopic (exact) mass is 288 g/mol. The molecule has 0 unspecified atom stereocenters. The Morgan fingerprint density at radius 2 is 1.86 bits per heavy atom. The molecule has 0 amide bonds. The number of hydrogen-bond donors (Lipinski definition) is 2. The maximum atomic E-state index is 4.38. The van der Waals surface area contributed by atoms with Gasteiger partial charge in [-0.05, 0) is 19.8 Å². The van der Waals surface area contributed by atoms with Crippen LogP contribution in [0.4, 0.5) is 11.6 Å². The van der Waals surface area contributed by atoms with E-state index in [0.717, 1.165) is 43.1 Å². The Hall–Kier alpha value is -2.11. The van der Waals surface area contributed by atoms with Crippen LogP contribution in [0.1, 0.15) is 37.1 Å². The summed E-state index contributed by atoms with van der Waals surface area (Å²) in [5, 5.41) is 11.0. The summed E-state index contributed by atoms with van der Waals surface area (Å²) in [4.78, 5) is 8.73. The highest BCUT2D eigenvalue weighted by Crippen LogP contribution is 2.21. The molecule has 0 saturated carbocycles. The van der Waals surface area contributed by atoms with Gasteiger partial charge in [-0.1, -0.05) is 13.8 Å². The number of anilines is 2. The molecule has 0 aromatic carbocycles. The molecule has 0 atom stereocenters. The maximum absolute atomic E-state index is 4.38. The number of aromatic nitrogens is 4. The predicted octanol–water partition coefficient (Wildman–Crippen LogP) is 2.51. The summed E-state index contributed by atoms with van der Waals surface area (Å²) in [5.74, 6) is 1.83. The van der Waals surface area contributed by atoms with Gasteiger partial charge in [0.05, 0.1) is 6.20 Å². The van der Waals surface area contributed by atoms with Crippen LogP contribution in [0.5, 0.6) is 0 Å². The van der Waals surface area contributed by atoms with Crippen molar-refractivity contribution in [3.05, 3.63) is 29.3 Å². The second kappa shape index (κ2) is 7.06. The summed E-state index contributed by atoms with van der Waals surface area (Å²) >= 11 is 0. The first-order valence-electron chi connectivity index (χ1n) is 7.46. The molecule has 0 aliphatic heterocycles. The summed E-state index contributed by atoms with van der Waals surface area (Å²) in [5.41, 5.74) is 3.48. The van der Waals surface area contributed by atoms with E-state index in [9.17, 15) is 0 Å². The largest absolute Gasteiger partial charge is 0.370 e. The second-order valence-electron chi connectivity index (χ2n) is 5.06. The highest BCUT2D eigenvalue weighted by Gasteiger charge is 2.10. The van der Waals surface area contributed by atoms with Crippen LogP contribution in [0.2, 0.25) is 0 Å². The fraction of sp³-hybridized carbons (Fsp3) is 0.533. The van der Waals surface area contributed by atoms with Crippen LogP contribution in [0.25, 0.3) is 0 Å². The zero-order valence-electron chi connectivity index (χ0n) is 13.3. The molecule has 0 saturated heterocycles. The smallest absolute Gasteiger partial charge is 0.134 e. The standard InChI is InChI=1S/C15H24N6/c1-5-7-16-14-13(6-2)15(19-10-18-14)17-8-12-9-20-21(4)11(12)3/h9-10H,5-8H2,1-4H3,(H2,16,17,18,19). The molecule has 2 aromatic heterocycles. The third-order valence-corrected chi connectivity index (χ3v) is 3.62. The van der Waals surface area contributed by atoms with E-state index in [1.54, 1.807) is 6.33 Å². The Kier molecular flexibility index (Phi) is 5.14. The first-order chi connectivity index (χ1) is 10.2. The van der Waals surface area contributed by atoms with E-state index in [1.807, 2.05) is 17.9 Å². The lowest BCUT2D eigenvalue weighted by Gasteiger charge is -2.14. The highest BCUT2D eigenvalue weighted by molar-refractivity contribution is 5.57. The molecular weight excluding hydrogens is 264 g/mol. The Balaban J connectivity index is 2.14. The van der Waals surface area contributed by atoms with Crippen LogP contribution in [0, 0.1) is 6.92 Å². The molecule has 114 valence electrons. The lowest BCUT2D eigenvalue weighted by atomic mass is 10.2. The predicted molar refractivity (Wildman–Crippen MR) is 85.5 cm³/mol. The van der Waals surface area contributed by atoms with Crippen molar-refractivity contribution in [1.29, 1.82) is 0 Å². The number of hydrogen-bond acceptors (Lipinski definition) is 5. The Bertz CT molecular complexity index is 590. The lowest BCUT2D eigenvalue weighted by molar-refractivity contribution is 0.738. The van der Waals surface area contributed by atoms with Crippen LogP contribution >= 0.6 is 0 Å². The van der Waals surface area contributed by atoms with Gasteiger partial charge < -0.3 is 10.6 Å². The Labute approximate surface area is 126 Å². The summed E-state index contributed by atoms with van der Waals surface area (Å²) in [6, 6.07) is 0. The average molecular weight is 288 g/mol. The highest BCUT2D eigenvalue weighted by atomic mass is 15.3. The van der Waals surface area contributed by atoms with E-state index >= 15 is 0 Å². The van der Waals surface area contributed by atoms with Gasteiger partial charge in [0.25, 0.3) is 0 Å². The lowest BCUT2D eigenvalue weighted by Crippen LogP contribution is -2.10. The number of nitrogens with zero attached hydrogens (tertiary/aromatic N) is 4. The molecule has 0 fully saturated rings. The van der Waals surface area contributed by atoms with Crippen LogP contribution in [-0.2, 0) is 20.0 Å². The normalized spacial score (nSPS) is 10.7. The summed E-state index contributed by atoms with van der Waals surface area (Å²) < 4.78 is 1.88. The molecule has 6 nitrogen and oxygen atoms in total. The number of aryl methyl sites for hydroxylation is 1. The molecule has 2 aromatic rings. The van der Waals surface area contributed by atoms with Crippen LogP contribution in [0.3, 0.4) is 0 Å².